The zero-order chi connectivity index (χ0) is 18.7. The summed E-state index contributed by atoms with van der Waals surface area (Å²) in [7, 11) is 4.04. The zero-order valence-corrected chi connectivity index (χ0v) is 16.1. The van der Waals surface area contributed by atoms with E-state index in [4.69, 9.17) is 4.98 Å². The SMILES string of the molecule is CC(C)c1nc(C(C)C)c(CN(C)C)c(-c2ccc(F)cc2)c1CO. The van der Waals surface area contributed by atoms with Gasteiger partial charge in [0.1, 0.15) is 5.82 Å². The summed E-state index contributed by atoms with van der Waals surface area (Å²) >= 11 is 0. The average molecular weight is 344 g/mol. The summed E-state index contributed by atoms with van der Waals surface area (Å²) in [6, 6.07) is 6.52. The second-order valence-electron chi connectivity index (χ2n) is 7.43. The van der Waals surface area contributed by atoms with Crippen LogP contribution in [-0.4, -0.2) is 29.1 Å². The minimum atomic E-state index is -0.259. The van der Waals surface area contributed by atoms with E-state index in [0.29, 0.717) is 0 Å². The van der Waals surface area contributed by atoms with Crippen LogP contribution in [0.25, 0.3) is 11.1 Å². The summed E-state index contributed by atoms with van der Waals surface area (Å²) < 4.78 is 13.4. The van der Waals surface area contributed by atoms with Crippen molar-refractivity contribution in [1.29, 1.82) is 0 Å². The lowest BCUT2D eigenvalue weighted by atomic mass is 9.87. The molecule has 0 saturated carbocycles. The van der Waals surface area contributed by atoms with Crippen LogP contribution in [0.15, 0.2) is 24.3 Å². The van der Waals surface area contributed by atoms with Crippen LogP contribution >= 0.6 is 0 Å². The van der Waals surface area contributed by atoms with E-state index in [9.17, 15) is 9.50 Å². The lowest BCUT2D eigenvalue weighted by Crippen LogP contribution is -2.18. The molecule has 4 heteroatoms. The summed E-state index contributed by atoms with van der Waals surface area (Å²) in [5.74, 6) is 0.206. The van der Waals surface area contributed by atoms with E-state index < -0.39 is 0 Å². The summed E-state index contributed by atoms with van der Waals surface area (Å²) in [4.78, 5) is 7.04. The number of nitrogens with zero attached hydrogens (tertiary/aromatic N) is 2. The molecule has 0 atom stereocenters. The molecule has 0 fully saturated rings. The van der Waals surface area contributed by atoms with Crippen molar-refractivity contribution in [2.45, 2.75) is 52.7 Å². The van der Waals surface area contributed by atoms with E-state index in [1.807, 2.05) is 14.1 Å². The highest BCUT2D eigenvalue weighted by Crippen LogP contribution is 2.37. The van der Waals surface area contributed by atoms with Gasteiger partial charge in [-0.3, -0.25) is 4.98 Å². The van der Waals surface area contributed by atoms with Crippen LogP contribution in [0.2, 0.25) is 0 Å². The number of pyridine rings is 1. The smallest absolute Gasteiger partial charge is 0.123 e. The molecule has 0 aliphatic carbocycles. The van der Waals surface area contributed by atoms with Gasteiger partial charge in [0.15, 0.2) is 0 Å². The third-order valence-electron chi connectivity index (χ3n) is 4.32. The average Bonchev–Trinajstić information content (AvgIpc) is 2.54. The van der Waals surface area contributed by atoms with E-state index in [-0.39, 0.29) is 24.3 Å². The molecule has 0 bridgehead atoms. The molecule has 0 spiro atoms. The molecule has 3 nitrogen and oxygen atoms in total. The molecule has 0 unspecified atom stereocenters. The van der Waals surface area contributed by atoms with Gasteiger partial charge in [-0.15, -0.1) is 0 Å². The molecule has 2 rings (SSSR count). The highest BCUT2D eigenvalue weighted by atomic mass is 19.1. The molecule has 1 heterocycles. The number of rotatable bonds is 6. The van der Waals surface area contributed by atoms with Crippen molar-refractivity contribution in [3.63, 3.8) is 0 Å². The second kappa shape index (κ2) is 8.07. The first-order valence-corrected chi connectivity index (χ1v) is 8.83. The van der Waals surface area contributed by atoms with Crippen molar-refractivity contribution in [2.75, 3.05) is 14.1 Å². The van der Waals surface area contributed by atoms with Crippen LogP contribution in [-0.2, 0) is 13.2 Å². The highest BCUT2D eigenvalue weighted by molar-refractivity contribution is 5.73. The van der Waals surface area contributed by atoms with Crippen molar-refractivity contribution >= 4 is 0 Å². The number of halogens is 1. The summed E-state index contributed by atoms with van der Waals surface area (Å²) in [5, 5.41) is 10.1. The van der Waals surface area contributed by atoms with Gasteiger partial charge >= 0.3 is 0 Å². The first kappa shape index (κ1) is 19.5. The third-order valence-corrected chi connectivity index (χ3v) is 4.32. The first-order chi connectivity index (χ1) is 11.8. The molecule has 0 aliphatic rings. The fourth-order valence-corrected chi connectivity index (χ4v) is 3.26. The Hall–Kier alpha value is -1.78. The Bertz CT molecular complexity index is 722. The maximum atomic E-state index is 13.4. The topological polar surface area (TPSA) is 36.4 Å². The minimum Gasteiger partial charge on any atom is -0.392 e. The molecule has 0 amide bonds. The van der Waals surface area contributed by atoms with Gasteiger partial charge in [0.25, 0.3) is 0 Å². The van der Waals surface area contributed by atoms with Crippen LogP contribution in [0.5, 0.6) is 0 Å². The number of hydrogen-bond acceptors (Lipinski definition) is 3. The quantitative estimate of drug-likeness (QED) is 0.826. The second-order valence-corrected chi connectivity index (χ2v) is 7.43. The maximum Gasteiger partial charge on any atom is 0.123 e. The van der Waals surface area contributed by atoms with Gasteiger partial charge in [-0.2, -0.15) is 0 Å². The van der Waals surface area contributed by atoms with Crippen molar-refractivity contribution in [1.82, 2.24) is 9.88 Å². The van der Waals surface area contributed by atoms with Crippen molar-refractivity contribution < 1.29 is 9.50 Å². The molecule has 2 aromatic rings. The van der Waals surface area contributed by atoms with Crippen LogP contribution in [0.1, 0.15) is 62.0 Å². The Morgan fingerprint density at radius 1 is 0.960 bits per heavy atom. The predicted octanol–water partition coefficient (Wildman–Crippen LogP) is 4.69. The van der Waals surface area contributed by atoms with Gasteiger partial charge in [0, 0.05) is 23.5 Å². The Labute approximate surface area is 150 Å². The fourth-order valence-electron chi connectivity index (χ4n) is 3.26. The van der Waals surface area contributed by atoms with E-state index >= 15 is 0 Å². The molecule has 0 radical (unpaired) electrons. The van der Waals surface area contributed by atoms with Crippen LogP contribution in [0, 0.1) is 5.82 Å². The zero-order valence-electron chi connectivity index (χ0n) is 16.1. The maximum absolute atomic E-state index is 13.4. The summed E-state index contributed by atoms with van der Waals surface area (Å²) in [6.07, 6.45) is 0. The normalized spacial score (nSPS) is 11.8. The van der Waals surface area contributed by atoms with E-state index in [0.717, 1.165) is 40.2 Å². The number of aromatic nitrogens is 1. The number of benzene rings is 1. The standard InChI is InChI=1S/C21H29FN2O/c1-13(2)20-17(11-24(5)6)19(15-7-9-16(22)10-8-15)18(12-25)21(23-20)14(3)4/h7-10,13-14,25H,11-12H2,1-6H3. The van der Waals surface area contributed by atoms with Crippen LogP contribution < -0.4 is 0 Å². The molecular weight excluding hydrogens is 315 g/mol. The number of hydrogen-bond donors (Lipinski definition) is 1. The molecule has 0 saturated heterocycles. The Morgan fingerprint density at radius 3 is 1.92 bits per heavy atom. The predicted molar refractivity (Wildman–Crippen MR) is 101 cm³/mol. The minimum absolute atomic E-state index is 0.0774. The van der Waals surface area contributed by atoms with Gasteiger partial charge in [-0.05, 0) is 54.8 Å². The van der Waals surface area contributed by atoms with Gasteiger partial charge in [0.2, 0.25) is 0 Å². The van der Waals surface area contributed by atoms with Crippen LogP contribution in [0.4, 0.5) is 4.39 Å². The van der Waals surface area contributed by atoms with E-state index in [1.54, 1.807) is 12.1 Å². The monoisotopic (exact) mass is 344 g/mol. The van der Waals surface area contributed by atoms with Crippen molar-refractivity contribution in [3.05, 3.63) is 52.6 Å². The molecule has 1 N–H and O–H groups in total. The van der Waals surface area contributed by atoms with Gasteiger partial charge in [-0.25, -0.2) is 4.39 Å². The molecule has 1 aromatic heterocycles. The highest BCUT2D eigenvalue weighted by Gasteiger charge is 2.23. The number of aliphatic hydroxyl groups is 1. The van der Waals surface area contributed by atoms with E-state index in [2.05, 4.69) is 32.6 Å². The number of aliphatic hydroxyl groups excluding tert-OH is 1. The van der Waals surface area contributed by atoms with Gasteiger partial charge in [-0.1, -0.05) is 39.8 Å². The Morgan fingerprint density at radius 2 is 1.48 bits per heavy atom. The van der Waals surface area contributed by atoms with Crippen molar-refractivity contribution in [2.24, 2.45) is 0 Å². The lowest BCUT2D eigenvalue weighted by Gasteiger charge is -2.25. The summed E-state index contributed by atoms with van der Waals surface area (Å²) in [5.41, 5.74) is 5.86. The van der Waals surface area contributed by atoms with Crippen molar-refractivity contribution in [3.8, 4) is 11.1 Å². The third kappa shape index (κ3) is 4.25. The largest absolute Gasteiger partial charge is 0.392 e. The Kier molecular flexibility index (Phi) is 6.31. The van der Waals surface area contributed by atoms with Crippen LogP contribution in [0.3, 0.4) is 0 Å². The molecule has 136 valence electrons. The molecule has 0 aliphatic heterocycles. The van der Waals surface area contributed by atoms with Gasteiger partial charge < -0.3 is 10.0 Å². The Balaban J connectivity index is 2.88. The fraction of sp³-hybridized carbons (Fsp3) is 0.476. The first-order valence-electron chi connectivity index (χ1n) is 8.83. The molecule has 1 aromatic carbocycles. The summed E-state index contributed by atoms with van der Waals surface area (Å²) in [6.45, 7) is 9.10. The van der Waals surface area contributed by atoms with E-state index in [1.165, 1.54) is 12.1 Å². The molecular formula is C21H29FN2O. The molecule has 25 heavy (non-hydrogen) atoms. The van der Waals surface area contributed by atoms with Gasteiger partial charge in [0.05, 0.1) is 6.61 Å². The lowest BCUT2D eigenvalue weighted by molar-refractivity contribution is 0.279.